The van der Waals surface area contributed by atoms with E-state index in [2.05, 4.69) is 10.2 Å². The van der Waals surface area contributed by atoms with E-state index in [0.29, 0.717) is 5.82 Å². The molecule has 98 valence electrons. The summed E-state index contributed by atoms with van der Waals surface area (Å²) in [6.07, 6.45) is 0. The van der Waals surface area contributed by atoms with Crippen LogP contribution in [0.25, 0.3) is 32.9 Å². The van der Waals surface area contributed by atoms with Crippen LogP contribution in [0.5, 0.6) is 0 Å². The molecule has 0 saturated carbocycles. The number of rotatable bonds is 2. The second kappa shape index (κ2) is 4.25. The summed E-state index contributed by atoms with van der Waals surface area (Å²) in [7, 11) is 0. The Kier molecular flexibility index (Phi) is 2.40. The number of nitrogens with one attached hydrogen (secondary N) is 1. The van der Waals surface area contributed by atoms with Crippen molar-refractivity contribution >= 4 is 28.1 Å². The molecular formula is C15H11N3OS. The maximum absolute atomic E-state index is 5.99. The molecule has 4 aromatic rings. The van der Waals surface area contributed by atoms with E-state index in [1.807, 2.05) is 47.8 Å². The molecule has 0 radical (unpaired) electrons. The van der Waals surface area contributed by atoms with Gasteiger partial charge in [0.2, 0.25) is 0 Å². The fourth-order valence-electron chi connectivity index (χ4n) is 2.31. The molecule has 0 aliphatic carbocycles. The fourth-order valence-corrected chi connectivity index (χ4v) is 3.09. The monoisotopic (exact) mass is 281 g/mol. The first-order valence-electron chi connectivity index (χ1n) is 6.19. The topological polar surface area (TPSA) is 67.8 Å². The number of aromatic nitrogens is 2. The number of anilines is 1. The Morgan fingerprint density at radius 2 is 2.05 bits per heavy atom. The van der Waals surface area contributed by atoms with E-state index in [1.54, 1.807) is 11.3 Å². The third-order valence-corrected chi connectivity index (χ3v) is 4.12. The molecule has 3 heterocycles. The van der Waals surface area contributed by atoms with E-state index in [1.165, 1.54) is 0 Å². The molecule has 1 aromatic carbocycles. The van der Waals surface area contributed by atoms with Crippen molar-refractivity contribution in [2.45, 2.75) is 0 Å². The number of hydrogen-bond donors (Lipinski definition) is 2. The molecule has 3 N–H and O–H groups in total. The molecule has 5 heteroatoms. The van der Waals surface area contributed by atoms with Crippen LogP contribution in [0.3, 0.4) is 0 Å². The van der Waals surface area contributed by atoms with Gasteiger partial charge in [0.1, 0.15) is 11.3 Å². The Balaban J connectivity index is 1.95. The number of aromatic amines is 1. The van der Waals surface area contributed by atoms with E-state index in [9.17, 15) is 0 Å². The highest BCUT2D eigenvalue weighted by molar-refractivity contribution is 7.13. The molecule has 0 atom stereocenters. The summed E-state index contributed by atoms with van der Waals surface area (Å²) in [5.74, 6) is 1.24. The van der Waals surface area contributed by atoms with Crippen LogP contribution in [0.15, 0.2) is 52.3 Å². The summed E-state index contributed by atoms with van der Waals surface area (Å²) in [5, 5.41) is 10.2. The minimum absolute atomic E-state index is 0.489. The largest absolute Gasteiger partial charge is 0.454 e. The van der Waals surface area contributed by atoms with E-state index in [0.717, 1.165) is 32.9 Å². The van der Waals surface area contributed by atoms with Crippen LogP contribution in [0, 0.1) is 0 Å². The van der Waals surface area contributed by atoms with Gasteiger partial charge < -0.3 is 10.2 Å². The molecule has 0 fully saturated rings. The summed E-state index contributed by atoms with van der Waals surface area (Å²) in [5.41, 5.74) is 8.56. The van der Waals surface area contributed by atoms with Crippen molar-refractivity contribution in [3.05, 3.63) is 47.8 Å². The van der Waals surface area contributed by atoms with Crippen LogP contribution in [0.1, 0.15) is 0 Å². The van der Waals surface area contributed by atoms with Crippen molar-refractivity contribution in [1.29, 1.82) is 0 Å². The SMILES string of the molecule is Nc1n[nH]c(-c2cc3ccccc3o2)c1-c1cccs1. The molecule has 0 aliphatic rings. The fraction of sp³-hybridized carbons (Fsp3) is 0. The first-order chi connectivity index (χ1) is 9.83. The van der Waals surface area contributed by atoms with Crippen molar-refractivity contribution in [2.24, 2.45) is 0 Å². The van der Waals surface area contributed by atoms with E-state index < -0.39 is 0 Å². The Morgan fingerprint density at radius 3 is 2.85 bits per heavy atom. The molecule has 0 saturated heterocycles. The molecule has 4 rings (SSSR count). The summed E-state index contributed by atoms with van der Waals surface area (Å²) >= 11 is 1.63. The third kappa shape index (κ3) is 1.64. The van der Waals surface area contributed by atoms with Crippen molar-refractivity contribution in [3.63, 3.8) is 0 Å². The van der Waals surface area contributed by atoms with Crippen molar-refractivity contribution in [1.82, 2.24) is 10.2 Å². The summed E-state index contributed by atoms with van der Waals surface area (Å²) in [6, 6.07) is 13.9. The lowest BCUT2D eigenvalue weighted by atomic mass is 10.1. The van der Waals surface area contributed by atoms with Crippen LogP contribution in [-0.2, 0) is 0 Å². The highest BCUT2D eigenvalue weighted by Crippen LogP contribution is 2.38. The van der Waals surface area contributed by atoms with Crippen molar-refractivity contribution in [3.8, 4) is 21.9 Å². The van der Waals surface area contributed by atoms with Gasteiger partial charge in [-0.15, -0.1) is 11.3 Å². The zero-order chi connectivity index (χ0) is 13.5. The Bertz CT molecular complexity index is 841. The Labute approximate surface area is 118 Å². The molecule has 3 aromatic heterocycles. The van der Waals surface area contributed by atoms with Gasteiger partial charge in [-0.05, 0) is 23.6 Å². The number of H-pyrrole nitrogens is 1. The summed E-state index contributed by atoms with van der Waals surface area (Å²) in [6.45, 7) is 0. The molecule has 0 spiro atoms. The lowest BCUT2D eigenvalue weighted by molar-refractivity contribution is 0.628. The highest BCUT2D eigenvalue weighted by atomic mass is 32.1. The van der Waals surface area contributed by atoms with Crippen LogP contribution in [-0.4, -0.2) is 10.2 Å². The number of nitrogen functional groups attached to an aromatic ring is 1. The Hall–Kier alpha value is -2.53. The summed E-state index contributed by atoms with van der Waals surface area (Å²) in [4.78, 5) is 1.08. The first kappa shape index (κ1) is 11.3. The number of nitrogens with zero attached hydrogens (tertiary/aromatic N) is 1. The number of benzene rings is 1. The van der Waals surface area contributed by atoms with Crippen LogP contribution < -0.4 is 5.73 Å². The third-order valence-electron chi connectivity index (χ3n) is 3.23. The van der Waals surface area contributed by atoms with Gasteiger partial charge in [0.15, 0.2) is 11.6 Å². The number of para-hydroxylation sites is 1. The van der Waals surface area contributed by atoms with Crippen LogP contribution in [0.4, 0.5) is 5.82 Å². The van der Waals surface area contributed by atoms with Gasteiger partial charge in [-0.1, -0.05) is 24.3 Å². The number of hydrogen-bond acceptors (Lipinski definition) is 4. The van der Waals surface area contributed by atoms with E-state index in [4.69, 9.17) is 10.2 Å². The molecule has 4 nitrogen and oxygen atoms in total. The van der Waals surface area contributed by atoms with Gasteiger partial charge in [-0.2, -0.15) is 5.10 Å². The molecule has 0 amide bonds. The molecule has 0 aliphatic heterocycles. The number of fused-ring (bicyclic) bond motifs is 1. The zero-order valence-corrected chi connectivity index (χ0v) is 11.3. The lowest BCUT2D eigenvalue weighted by Gasteiger charge is -1.98. The van der Waals surface area contributed by atoms with Crippen molar-refractivity contribution in [2.75, 3.05) is 5.73 Å². The number of furan rings is 1. The minimum atomic E-state index is 0.489. The number of thiophene rings is 1. The van der Waals surface area contributed by atoms with Gasteiger partial charge in [-0.25, -0.2) is 0 Å². The molecular weight excluding hydrogens is 270 g/mol. The predicted molar refractivity (Wildman–Crippen MR) is 81.5 cm³/mol. The van der Waals surface area contributed by atoms with Crippen LogP contribution >= 0.6 is 11.3 Å². The standard InChI is InChI=1S/C15H11N3OS/c16-15-13(12-6-3-7-20-12)14(17-18-15)11-8-9-4-1-2-5-10(9)19-11/h1-8H,(H3,16,17,18). The molecule has 0 bridgehead atoms. The van der Waals surface area contributed by atoms with Crippen LogP contribution in [0.2, 0.25) is 0 Å². The molecule has 20 heavy (non-hydrogen) atoms. The second-order valence-electron chi connectivity index (χ2n) is 4.48. The van der Waals surface area contributed by atoms with E-state index in [-0.39, 0.29) is 0 Å². The molecule has 0 unspecified atom stereocenters. The smallest absolute Gasteiger partial charge is 0.154 e. The van der Waals surface area contributed by atoms with Gasteiger partial charge in [0.05, 0.1) is 5.56 Å². The number of nitrogens with two attached hydrogens (primary N) is 1. The average molecular weight is 281 g/mol. The average Bonchev–Trinajstić information content (AvgIpc) is 3.16. The highest BCUT2D eigenvalue weighted by Gasteiger charge is 2.18. The van der Waals surface area contributed by atoms with Gasteiger partial charge >= 0.3 is 0 Å². The van der Waals surface area contributed by atoms with Gasteiger partial charge in [0, 0.05) is 10.3 Å². The normalized spacial score (nSPS) is 11.2. The summed E-state index contributed by atoms with van der Waals surface area (Å²) < 4.78 is 5.88. The lowest BCUT2D eigenvalue weighted by Crippen LogP contribution is -1.86. The van der Waals surface area contributed by atoms with Gasteiger partial charge in [0.25, 0.3) is 0 Å². The predicted octanol–water partition coefficient (Wildman–Crippen LogP) is 4.13. The Morgan fingerprint density at radius 1 is 1.15 bits per heavy atom. The maximum atomic E-state index is 5.99. The second-order valence-corrected chi connectivity index (χ2v) is 5.43. The van der Waals surface area contributed by atoms with Gasteiger partial charge in [-0.3, -0.25) is 5.10 Å². The van der Waals surface area contributed by atoms with Crippen molar-refractivity contribution < 1.29 is 4.42 Å². The quantitative estimate of drug-likeness (QED) is 0.580. The minimum Gasteiger partial charge on any atom is -0.454 e. The zero-order valence-electron chi connectivity index (χ0n) is 10.5. The van der Waals surface area contributed by atoms with E-state index >= 15 is 0 Å². The maximum Gasteiger partial charge on any atom is 0.154 e. The first-order valence-corrected chi connectivity index (χ1v) is 7.07.